The molecule has 30 heavy (non-hydrogen) atoms. The number of rotatable bonds is 7. The van der Waals surface area contributed by atoms with Gasteiger partial charge in [-0.05, 0) is 63.0 Å². The molecule has 0 spiro atoms. The summed E-state index contributed by atoms with van der Waals surface area (Å²) in [6.45, 7) is 1.13. The number of aliphatic hydroxyl groups excluding tert-OH is 1. The summed E-state index contributed by atoms with van der Waals surface area (Å²) < 4.78 is 5.32. The summed E-state index contributed by atoms with van der Waals surface area (Å²) in [5, 5.41) is 11.5. The molecule has 1 atom stereocenters. The van der Waals surface area contributed by atoms with Crippen molar-refractivity contribution in [1.82, 2.24) is 14.8 Å². The number of aliphatic hydroxyl groups is 1. The molecule has 1 saturated heterocycles. The molecule has 2 heterocycles. The van der Waals surface area contributed by atoms with Gasteiger partial charge in [0.25, 0.3) is 11.7 Å². The molecule has 1 aromatic carbocycles. The molecule has 2 aromatic rings. The average molecular weight is 430 g/mol. The van der Waals surface area contributed by atoms with Crippen LogP contribution in [0.1, 0.15) is 23.6 Å². The maximum absolute atomic E-state index is 13.0. The first kappa shape index (κ1) is 21.8. The van der Waals surface area contributed by atoms with Crippen molar-refractivity contribution in [3.8, 4) is 5.75 Å². The number of pyridine rings is 1. The summed E-state index contributed by atoms with van der Waals surface area (Å²) in [7, 11) is 5.35. The number of hydrogen-bond acceptors (Lipinski definition) is 6. The molecule has 1 N–H and O–H groups in total. The summed E-state index contributed by atoms with van der Waals surface area (Å²) in [5.74, 6) is -1.34. The van der Waals surface area contributed by atoms with Crippen molar-refractivity contribution in [3.05, 3.63) is 64.4 Å². The molecule has 0 radical (unpaired) electrons. The molecule has 1 aromatic heterocycles. The Morgan fingerprint density at radius 3 is 2.57 bits per heavy atom. The predicted molar refractivity (Wildman–Crippen MR) is 114 cm³/mol. The molecule has 0 saturated carbocycles. The Bertz CT molecular complexity index is 976. The number of carbonyl (C=O) groups excluding carboxylic acids is 2. The smallest absolute Gasteiger partial charge is 0.295 e. The number of halogens is 1. The first-order chi connectivity index (χ1) is 14.3. The molecule has 7 nitrogen and oxygen atoms in total. The minimum Gasteiger partial charge on any atom is -0.507 e. The fraction of sp³-hybridized carbons (Fsp3) is 0.318. The van der Waals surface area contributed by atoms with Gasteiger partial charge in [-0.15, -0.1) is 0 Å². The molecule has 3 rings (SSSR count). The summed E-state index contributed by atoms with van der Waals surface area (Å²) in [6, 6.07) is 7.48. The van der Waals surface area contributed by atoms with E-state index in [-0.39, 0.29) is 16.9 Å². The lowest BCUT2D eigenvalue weighted by Crippen LogP contribution is -2.32. The van der Waals surface area contributed by atoms with Crippen molar-refractivity contribution >= 4 is 29.1 Å². The Labute approximate surface area is 180 Å². The fourth-order valence-corrected chi connectivity index (χ4v) is 3.74. The van der Waals surface area contributed by atoms with Crippen molar-refractivity contribution in [2.24, 2.45) is 0 Å². The van der Waals surface area contributed by atoms with E-state index in [1.165, 1.54) is 18.1 Å². The van der Waals surface area contributed by atoms with Gasteiger partial charge in [-0.1, -0.05) is 11.6 Å². The Morgan fingerprint density at radius 1 is 1.23 bits per heavy atom. The van der Waals surface area contributed by atoms with E-state index in [0.29, 0.717) is 29.3 Å². The van der Waals surface area contributed by atoms with Gasteiger partial charge in [0.15, 0.2) is 0 Å². The molecule has 0 bridgehead atoms. The maximum Gasteiger partial charge on any atom is 0.295 e. The second-order valence-corrected chi connectivity index (χ2v) is 7.71. The van der Waals surface area contributed by atoms with Crippen molar-refractivity contribution in [1.29, 1.82) is 0 Å². The predicted octanol–water partition coefficient (Wildman–Crippen LogP) is 3.12. The van der Waals surface area contributed by atoms with Crippen LogP contribution in [0.2, 0.25) is 5.02 Å². The van der Waals surface area contributed by atoms with Crippen molar-refractivity contribution in [3.63, 3.8) is 0 Å². The van der Waals surface area contributed by atoms with Gasteiger partial charge in [0.05, 0.1) is 24.3 Å². The first-order valence-corrected chi connectivity index (χ1v) is 9.90. The van der Waals surface area contributed by atoms with Crippen LogP contribution in [0.25, 0.3) is 5.76 Å². The third kappa shape index (κ3) is 4.32. The molecule has 158 valence electrons. The monoisotopic (exact) mass is 429 g/mol. The zero-order valence-corrected chi connectivity index (χ0v) is 17.9. The molecule has 8 heteroatoms. The van der Waals surface area contributed by atoms with E-state index in [4.69, 9.17) is 16.3 Å². The zero-order chi connectivity index (χ0) is 21.8. The van der Waals surface area contributed by atoms with Crippen LogP contribution in [0.15, 0.2) is 48.3 Å². The summed E-state index contributed by atoms with van der Waals surface area (Å²) in [4.78, 5) is 33.4. The van der Waals surface area contributed by atoms with Gasteiger partial charge in [0, 0.05) is 24.0 Å². The Morgan fingerprint density at radius 2 is 1.93 bits per heavy atom. The van der Waals surface area contributed by atoms with Gasteiger partial charge in [-0.25, -0.2) is 0 Å². The van der Waals surface area contributed by atoms with Crippen LogP contribution in [0, 0.1) is 0 Å². The maximum atomic E-state index is 13.0. The molecular weight excluding hydrogens is 406 g/mol. The number of amides is 1. The lowest BCUT2D eigenvalue weighted by molar-refractivity contribution is -0.139. The van der Waals surface area contributed by atoms with Crippen LogP contribution in [-0.4, -0.2) is 65.9 Å². The molecule has 1 amide bonds. The number of methoxy groups -OCH3 is 1. The van der Waals surface area contributed by atoms with Crippen molar-refractivity contribution in [2.75, 3.05) is 34.3 Å². The summed E-state index contributed by atoms with van der Waals surface area (Å²) in [5.41, 5.74) is 0.962. The highest BCUT2D eigenvalue weighted by Gasteiger charge is 2.46. The fourth-order valence-electron chi connectivity index (χ4n) is 3.57. The molecule has 1 aliphatic heterocycles. The van der Waals surface area contributed by atoms with Gasteiger partial charge in [-0.3, -0.25) is 14.6 Å². The van der Waals surface area contributed by atoms with Crippen LogP contribution in [0.3, 0.4) is 0 Å². The van der Waals surface area contributed by atoms with Crippen LogP contribution in [-0.2, 0) is 9.59 Å². The number of carbonyl (C=O) groups is 2. The minimum absolute atomic E-state index is 0.0108. The lowest BCUT2D eigenvalue weighted by Gasteiger charge is -2.26. The number of nitrogens with zero attached hydrogens (tertiary/aromatic N) is 3. The van der Waals surface area contributed by atoms with Gasteiger partial charge < -0.3 is 19.6 Å². The molecule has 1 aliphatic rings. The second kappa shape index (κ2) is 9.28. The molecular formula is C22H24ClN3O4. The first-order valence-electron chi connectivity index (χ1n) is 9.52. The summed E-state index contributed by atoms with van der Waals surface area (Å²) in [6.07, 6.45) is 3.87. The lowest BCUT2D eigenvalue weighted by atomic mass is 9.95. The van der Waals surface area contributed by atoms with Crippen molar-refractivity contribution < 1.29 is 19.4 Å². The van der Waals surface area contributed by atoms with E-state index in [1.807, 2.05) is 19.0 Å². The van der Waals surface area contributed by atoms with E-state index in [0.717, 1.165) is 6.54 Å². The number of benzene rings is 1. The van der Waals surface area contributed by atoms with E-state index in [1.54, 1.807) is 36.7 Å². The number of aromatic nitrogens is 1. The highest BCUT2D eigenvalue weighted by Crippen LogP contribution is 2.41. The third-order valence-corrected chi connectivity index (χ3v) is 5.22. The topological polar surface area (TPSA) is 83.0 Å². The van der Waals surface area contributed by atoms with Crippen LogP contribution < -0.4 is 4.74 Å². The zero-order valence-electron chi connectivity index (χ0n) is 17.1. The highest BCUT2D eigenvalue weighted by atomic mass is 35.5. The van der Waals surface area contributed by atoms with Gasteiger partial charge in [-0.2, -0.15) is 0 Å². The molecule has 1 fully saturated rings. The number of hydrogen-bond donors (Lipinski definition) is 1. The van der Waals surface area contributed by atoms with Gasteiger partial charge in [0.1, 0.15) is 11.5 Å². The van der Waals surface area contributed by atoms with Crippen LogP contribution in [0.5, 0.6) is 5.75 Å². The van der Waals surface area contributed by atoms with E-state index < -0.39 is 17.7 Å². The van der Waals surface area contributed by atoms with E-state index in [2.05, 4.69) is 4.98 Å². The van der Waals surface area contributed by atoms with Crippen LogP contribution >= 0.6 is 11.6 Å². The Hall–Kier alpha value is -2.90. The molecule has 0 unspecified atom stereocenters. The third-order valence-electron chi connectivity index (χ3n) is 4.98. The number of ketones is 1. The Balaban J connectivity index is 2.13. The SMILES string of the molecule is COc1ccc(Cl)cc1C(O)=C1C(=O)C(=O)N(CCCN(C)C)[C@@H]1c1ccncc1. The largest absolute Gasteiger partial charge is 0.507 e. The normalized spacial score (nSPS) is 18.3. The number of ether oxygens (including phenoxy) is 1. The van der Waals surface area contributed by atoms with Crippen LogP contribution in [0.4, 0.5) is 0 Å². The number of likely N-dealkylation sites (tertiary alicyclic amines) is 1. The van der Waals surface area contributed by atoms with Gasteiger partial charge in [0.2, 0.25) is 0 Å². The standard InChI is InChI=1S/C22H24ClN3O4/c1-25(2)11-4-12-26-19(14-7-9-24-10-8-14)18(21(28)22(26)29)20(27)16-13-15(23)5-6-17(16)30-3/h5-10,13,19,27H,4,11-12H2,1-3H3/t19-/m1/s1. The quantitative estimate of drug-likeness (QED) is 0.413. The minimum atomic E-state index is -0.735. The number of Topliss-reactive ketones (excluding diaryl/α,β-unsaturated/α-hetero) is 1. The van der Waals surface area contributed by atoms with E-state index >= 15 is 0 Å². The Kier molecular flexibility index (Phi) is 6.74. The van der Waals surface area contributed by atoms with Crippen molar-refractivity contribution in [2.45, 2.75) is 12.5 Å². The highest BCUT2D eigenvalue weighted by molar-refractivity contribution is 6.46. The van der Waals surface area contributed by atoms with Gasteiger partial charge >= 0.3 is 0 Å². The second-order valence-electron chi connectivity index (χ2n) is 7.27. The molecule has 0 aliphatic carbocycles. The summed E-state index contributed by atoms with van der Waals surface area (Å²) >= 11 is 6.11. The average Bonchev–Trinajstić information content (AvgIpc) is 2.98. The van der Waals surface area contributed by atoms with E-state index in [9.17, 15) is 14.7 Å².